The Balaban J connectivity index is 1.78. The Kier molecular flexibility index (Phi) is 2.28. The van der Waals surface area contributed by atoms with E-state index in [2.05, 4.69) is 47.6 Å². The molecule has 3 aliphatic rings. The molecular weight excluding hydrogens is 220 g/mol. The van der Waals surface area contributed by atoms with Crippen LogP contribution in [0.5, 0.6) is 0 Å². The molecule has 0 spiro atoms. The number of piperidine rings is 1. The molecule has 4 rings (SSSR count). The molecule has 3 unspecified atom stereocenters. The van der Waals surface area contributed by atoms with Gasteiger partial charge in [-0.15, -0.1) is 0 Å². The molecule has 0 radical (unpaired) electrons. The standard InChI is InChI=1S/C16H20N2/c1-18-15-5-3-2-4-13(15)14-8-12-10-17-7-6-11(12)9-16(14)18/h2-5,8,11,14,16-17H,6-7,9-10H2,1H3. The summed E-state index contributed by atoms with van der Waals surface area (Å²) in [6.07, 6.45) is 5.22. The minimum atomic E-state index is 0.623. The molecule has 0 saturated carbocycles. The molecule has 1 aromatic rings. The second-order valence-electron chi connectivity index (χ2n) is 5.90. The number of fused-ring (bicyclic) bond motifs is 4. The van der Waals surface area contributed by atoms with Crippen LogP contribution in [0.3, 0.4) is 0 Å². The number of benzene rings is 1. The van der Waals surface area contributed by atoms with Crippen molar-refractivity contribution in [1.29, 1.82) is 0 Å². The average molecular weight is 240 g/mol. The molecule has 94 valence electrons. The predicted molar refractivity (Wildman–Crippen MR) is 75.1 cm³/mol. The van der Waals surface area contributed by atoms with Crippen LogP contribution >= 0.6 is 0 Å². The topological polar surface area (TPSA) is 15.3 Å². The highest BCUT2D eigenvalue weighted by molar-refractivity contribution is 5.63. The molecule has 18 heavy (non-hydrogen) atoms. The normalized spacial score (nSPS) is 33.5. The maximum absolute atomic E-state index is 3.52. The maximum Gasteiger partial charge on any atom is 0.0405 e. The van der Waals surface area contributed by atoms with Gasteiger partial charge in [-0.3, -0.25) is 0 Å². The number of anilines is 1. The number of hydrogen-bond donors (Lipinski definition) is 1. The average Bonchev–Trinajstić information content (AvgIpc) is 2.71. The number of para-hydroxylation sites is 1. The molecule has 1 aliphatic carbocycles. The van der Waals surface area contributed by atoms with Crippen molar-refractivity contribution in [3.63, 3.8) is 0 Å². The van der Waals surface area contributed by atoms with Crippen molar-refractivity contribution in [2.75, 3.05) is 25.0 Å². The van der Waals surface area contributed by atoms with Gasteiger partial charge in [-0.2, -0.15) is 0 Å². The van der Waals surface area contributed by atoms with Crippen molar-refractivity contribution in [3.8, 4) is 0 Å². The molecule has 0 amide bonds. The van der Waals surface area contributed by atoms with Crippen LogP contribution in [0.1, 0.15) is 24.3 Å². The summed E-state index contributed by atoms with van der Waals surface area (Å²) in [4.78, 5) is 2.51. The zero-order valence-corrected chi connectivity index (χ0v) is 10.9. The molecule has 3 atom stereocenters. The highest BCUT2D eigenvalue weighted by Gasteiger charge is 2.40. The number of rotatable bonds is 0. The van der Waals surface area contributed by atoms with Gasteiger partial charge < -0.3 is 10.2 Å². The van der Waals surface area contributed by atoms with Crippen molar-refractivity contribution in [2.45, 2.75) is 24.8 Å². The summed E-state index contributed by atoms with van der Waals surface area (Å²) in [5.41, 5.74) is 4.63. The number of nitrogens with one attached hydrogen (secondary N) is 1. The SMILES string of the molecule is CN1c2ccccc2C2C=C3CNCCC3CC21. The molecule has 2 heterocycles. The molecule has 0 aromatic heterocycles. The van der Waals surface area contributed by atoms with Gasteiger partial charge in [-0.1, -0.05) is 29.8 Å². The van der Waals surface area contributed by atoms with Crippen LogP contribution in [-0.2, 0) is 0 Å². The second-order valence-corrected chi connectivity index (χ2v) is 5.90. The van der Waals surface area contributed by atoms with E-state index in [4.69, 9.17) is 0 Å². The quantitative estimate of drug-likeness (QED) is 0.701. The van der Waals surface area contributed by atoms with Gasteiger partial charge >= 0.3 is 0 Å². The first-order chi connectivity index (χ1) is 8.84. The van der Waals surface area contributed by atoms with Crippen LogP contribution in [0.2, 0.25) is 0 Å². The Hall–Kier alpha value is -1.28. The first kappa shape index (κ1) is 10.6. The van der Waals surface area contributed by atoms with Gasteiger partial charge in [0.15, 0.2) is 0 Å². The summed E-state index contributed by atoms with van der Waals surface area (Å²) in [5, 5.41) is 3.52. The van der Waals surface area contributed by atoms with E-state index in [9.17, 15) is 0 Å². The molecule has 1 fully saturated rings. The molecule has 1 saturated heterocycles. The van der Waals surface area contributed by atoms with E-state index < -0.39 is 0 Å². The van der Waals surface area contributed by atoms with Gasteiger partial charge in [0.2, 0.25) is 0 Å². The van der Waals surface area contributed by atoms with E-state index >= 15 is 0 Å². The highest BCUT2D eigenvalue weighted by Crippen LogP contribution is 2.47. The zero-order valence-electron chi connectivity index (χ0n) is 10.9. The molecule has 2 nitrogen and oxygen atoms in total. The Bertz CT molecular complexity index is 506. The lowest BCUT2D eigenvalue weighted by Crippen LogP contribution is -2.40. The lowest BCUT2D eigenvalue weighted by atomic mass is 9.75. The van der Waals surface area contributed by atoms with Gasteiger partial charge in [0.05, 0.1) is 0 Å². The lowest BCUT2D eigenvalue weighted by Gasteiger charge is -2.38. The van der Waals surface area contributed by atoms with E-state index in [-0.39, 0.29) is 0 Å². The predicted octanol–water partition coefficient (Wildman–Crippen LogP) is 2.53. The summed E-state index contributed by atoms with van der Waals surface area (Å²) in [7, 11) is 2.27. The summed E-state index contributed by atoms with van der Waals surface area (Å²) >= 11 is 0. The van der Waals surface area contributed by atoms with Crippen LogP contribution in [0.15, 0.2) is 35.9 Å². The Labute approximate surface area is 109 Å². The summed E-state index contributed by atoms with van der Waals surface area (Å²) < 4.78 is 0. The highest BCUT2D eigenvalue weighted by atomic mass is 15.2. The first-order valence-electron chi connectivity index (χ1n) is 7.07. The van der Waals surface area contributed by atoms with Crippen LogP contribution < -0.4 is 10.2 Å². The summed E-state index contributed by atoms with van der Waals surface area (Å²) in [5.74, 6) is 1.45. The maximum atomic E-state index is 3.52. The fraction of sp³-hybridized carbons (Fsp3) is 0.500. The summed E-state index contributed by atoms with van der Waals surface area (Å²) in [6.45, 7) is 2.30. The first-order valence-corrected chi connectivity index (χ1v) is 7.07. The van der Waals surface area contributed by atoms with Gasteiger partial charge in [0, 0.05) is 31.2 Å². The fourth-order valence-corrected chi connectivity index (χ4v) is 4.05. The number of hydrogen-bond acceptors (Lipinski definition) is 2. The van der Waals surface area contributed by atoms with Gasteiger partial charge in [-0.05, 0) is 36.9 Å². The van der Waals surface area contributed by atoms with Gasteiger partial charge in [0.1, 0.15) is 0 Å². The molecule has 0 bridgehead atoms. The lowest BCUT2D eigenvalue weighted by molar-refractivity contribution is 0.371. The second kappa shape index (κ2) is 3.86. The van der Waals surface area contributed by atoms with Crippen LogP contribution in [0.4, 0.5) is 5.69 Å². The molecular formula is C16H20N2. The van der Waals surface area contributed by atoms with Crippen molar-refractivity contribution in [3.05, 3.63) is 41.5 Å². The largest absolute Gasteiger partial charge is 0.370 e. The van der Waals surface area contributed by atoms with Crippen molar-refractivity contribution < 1.29 is 0 Å². The summed E-state index contributed by atoms with van der Waals surface area (Å²) in [6, 6.07) is 9.61. The fourth-order valence-electron chi connectivity index (χ4n) is 4.05. The van der Waals surface area contributed by atoms with Gasteiger partial charge in [-0.25, -0.2) is 0 Å². The molecule has 1 N–H and O–H groups in total. The third kappa shape index (κ3) is 1.39. The Morgan fingerprint density at radius 3 is 3.11 bits per heavy atom. The van der Waals surface area contributed by atoms with Crippen LogP contribution in [-0.4, -0.2) is 26.2 Å². The smallest absolute Gasteiger partial charge is 0.0405 e. The number of nitrogens with zero attached hydrogens (tertiary/aromatic N) is 1. The number of likely N-dealkylation sites (N-methyl/N-ethyl adjacent to an activating group) is 1. The van der Waals surface area contributed by atoms with Gasteiger partial charge in [0.25, 0.3) is 0 Å². The van der Waals surface area contributed by atoms with E-state index in [1.54, 1.807) is 5.57 Å². The van der Waals surface area contributed by atoms with Crippen LogP contribution in [0, 0.1) is 5.92 Å². The molecule has 2 aliphatic heterocycles. The van der Waals surface area contributed by atoms with Crippen LogP contribution in [0.25, 0.3) is 0 Å². The molecule has 1 aromatic carbocycles. The van der Waals surface area contributed by atoms with E-state index in [0.717, 1.165) is 12.5 Å². The third-order valence-corrected chi connectivity index (χ3v) is 5.03. The minimum Gasteiger partial charge on any atom is -0.370 e. The van der Waals surface area contributed by atoms with E-state index in [1.165, 1.54) is 30.6 Å². The Morgan fingerprint density at radius 1 is 1.28 bits per heavy atom. The zero-order chi connectivity index (χ0) is 12.1. The van der Waals surface area contributed by atoms with Crippen molar-refractivity contribution in [2.24, 2.45) is 5.92 Å². The third-order valence-electron chi connectivity index (χ3n) is 5.03. The van der Waals surface area contributed by atoms with Crippen molar-refractivity contribution in [1.82, 2.24) is 5.32 Å². The van der Waals surface area contributed by atoms with E-state index in [0.29, 0.717) is 12.0 Å². The Morgan fingerprint density at radius 2 is 2.17 bits per heavy atom. The van der Waals surface area contributed by atoms with E-state index in [1.807, 2.05) is 0 Å². The van der Waals surface area contributed by atoms with Crippen molar-refractivity contribution >= 4 is 5.69 Å². The minimum absolute atomic E-state index is 0.623. The monoisotopic (exact) mass is 240 g/mol. The molecule has 2 heteroatoms.